The highest BCUT2D eigenvalue weighted by Crippen LogP contribution is 2.37. The van der Waals surface area contributed by atoms with Crippen LogP contribution >= 0.6 is 0 Å². The summed E-state index contributed by atoms with van der Waals surface area (Å²) in [6.45, 7) is 3.87. The lowest BCUT2D eigenvalue weighted by molar-refractivity contribution is -0.386. The standard InChI is InChI=1S/C13H16N2O6/c16-9-10-1-2-11(13(17)12(10)15(18)19)21-8-5-14-3-6-20-7-4-14/h1-2,9,17H,3-8H2. The first-order valence-corrected chi connectivity index (χ1v) is 6.52. The van der Waals surface area contributed by atoms with E-state index in [0.717, 1.165) is 13.1 Å². The Morgan fingerprint density at radius 1 is 1.43 bits per heavy atom. The van der Waals surface area contributed by atoms with Crippen LogP contribution in [0.2, 0.25) is 0 Å². The van der Waals surface area contributed by atoms with E-state index in [9.17, 15) is 20.0 Å². The molecule has 0 aromatic heterocycles. The first-order chi connectivity index (χ1) is 10.1. The number of aldehydes is 1. The van der Waals surface area contributed by atoms with E-state index in [1.54, 1.807) is 0 Å². The summed E-state index contributed by atoms with van der Waals surface area (Å²) < 4.78 is 10.6. The fourth-order valence-corrected chi connectivity index (χ4v) is 2.09. The van der Waals surface area contributed by atoms with Crippen LogP contribution in [0.15, 0.2) is 12.1 Å². The molecule has 2 rings (SSSR count). The van der Waals surface area contributed by atoms with Crippen molar-refractivity contribution in [2.24, 2.45) is 0 Å². The fraction of sp³-hybridized carbons (Fsp3) is 0.462. The number of ether oxygens (including phenoxy) is 2. The van der Waals surface area contributed by atoms with E-state index in [0.29, 0.717) is 26.0 Å². The van der Waals surface area contributed by atoms with Crippen molar-refractivity contribution in [2.75, 3.05) is 39.5 Å². The summed E-state index contributed by atoms with van der Waals surface area (Å²) in [6, 6.07) is 2.61. The number of hydrogen-bond acceptors (Lipinski definition) is 7. The average Bonchev–Trinajstić information content (AvgIpc) is 2.49. The van der Waals surface area contributed by atoms with Crippen molar-refractivity contribution in [2.45, 2.75) is 0 Å². The van der Waals surface area contributed by atoms with E-state index in [4.69, 9.17) is 9.47 Å². The normalized spacial score (nSPS) is 15.6. The zero-order valence-corrected chi connectivity index (χ0v) is 11.4. The zero-order chi connectivity index (χ0) is 15.2. The molecule has 0 bridgehead atoms. The molecular weight excluding hydrogens is 280 g/mol. The Kier molecular flexibility index (Phi) is 5.07. The molecule has 1 aromatic carbocycles. The van der Waals surface area contributed by atoms with E-state index in [1.165, 1.54) is 12.1 Å². The molecular formula is C13H16N2O6. The van der Waals surface area contributed by atoms with Gasteiger partial charge >= 0.3 is 5.69 Å². The third kappa shape index (κ3) is 3.67. The van der Waals surface area contributed by atoms with Crippen LogP contribution in [0.1, 0.15) is 10.4 Å². The number of phenols is 1. The number of morpholine rings is 1. The molecule has 1 N–H and O–H groups in total. The second-order valence-electron chi connectivity index (χ2n) is 4.53. The molecule has 114 valence electrons. The van der Waals surface area contributed by atoms with Crippen LogP contribution in [0.25, 0.3) is 0 Å². The lowest BCUT2D eigenvalue weighted by Crippen LogP contribution is -2.38. The number of carbonyl (C=O) groups is 1. The van der Waals surface area contributed by atoms with Crippen molar-refractivity contribution < 1.29 is 24.3 Å². The van der Waals surface area contributed by atoms with Gasteiger partial charge in [-0.25, -0.2) is 0 Å². The number of nitro benzene ring substituents is 1. The molecule has 1 aliphatic heterocycles. The minimum atomic E-state index is -0.798. The van der Waals surface area contributed by atoms with Crippen LogP contribution < -0.4 is 4.74 Å². The predicted molar refractivity (Wildman–Crippen MR) is 72.9 cm³/mol. The summed E-state index contributed by atoms with van der Waals surface area (Å²) >= 11 is 0. The summed E-state index contributed by atoms with van der Waals surface area (Å²) in [7, 11) is 0. The van der Waals surface area contributed by atoms with Crippen LogP contribution in [0.5, 0.6) is 11.5 Å². The molecule has 0 aliphatic carbocycles. The van der Waals surface area contributed by atoms with Crippen LogP contribution in [0.4, 0.5) is 5.69 Å². The predicted octanol–water partition coefficient (Wildman–Crippen LogP) is 0.824. The summed E-state index contributed by atoms with van der Waals surface area (Å²) in [5.41, 5.74) is -0.813. The number of benzene rings is 1. The van der Waals surface area contributed by atoms with Gasteiger partial charge in [-0.2, -0.15) is 0 Å². The third-order valence-corrected chi connectivity index (χ3v) is 3.22. The van der Waals surface area contributed by atoms with Gasteiger partial charge in [0.05, 0.1) is 23.7 Å². The Bertz CT molecular complexity index is 528. The molecule has 0 radical (unpaired) electrons. The number of rotatable bonds is 6. The first-order valence-electron chi connectivity index (χ1n) is 6.52. The molecule has 1 saturated heterocycles. The molecule has 0 spiro atoms. The number of phenolic OH excluding ortho intramolecular Hbond substituents is 1. The van der Waals surface area contributed by atoms with E-state index in [1.807, 2.05) is 0 Å². The topological polar surface area (TPSA) is 102 Å². The van der Waals surface area contributed by atoms with Gasteiger partial charge in [0, 0.05) is 19.6 Å². The van der Waals surface area contributed by atoms with E-state index in [2.05, 4.69) is 4.90 Å². The third-order valence-electron chi connectivity index (χ3n) is 3.22. The van der Waals surface area contributed by atoms with Crippen LogP contribution in [0, 0.1) is 10.1 Å². The van der Waals surface area contributed by atoms with Crippen molar-refractivity contribution in [1.82, 2.24) is 4.90 Å². The van der Waals surface area contributed by atoms with Gasteiger partial charge in [0.25, 0.3) is 0 Å². The largest absolute Gasteiger partial charge is 0.499 e. The van der Waals surface area contributed by atoms with Gasteiger partial charge in [-0.15, -0.1) is 0 Å². The number of nitrogens with zero attached hydrogens (tertiary/aromatic N) is 2. The molecule has 8 heteroatoms. The molecule has 0 unspecified atom stereocenters. The van der Waals surface area contributed by atoms with E-state index in [-0.39, 0.29) is 17.9 Å². The van der Waals surface area contributed by atoms with Gasteiger partial charge in [-0.05, 0) is 12.1 Å². The van der Waals surface area contributed by atoms with Gasteiger partial charge in [0.15, 0.2) is 12.0 Å². The Hall–Kier alpha value is -2.19. The van der Waals surface area contributed by atoms with Crippen molar-refractivity contribution in [3.05, 3.63) is 27.8 Å². The van der Waals surface area contributed by atoms with Crippen molar-refractivity contribution in [3.63, 3.8) is 0 Å². The van der Waals surface area contributed by atoms with Crippen LogP contribution in [-0.2, 0) is 4.74 Å². The molecule has 21 heavy (non-hydrogen) atoms. The maximum Gasteiger partial charge on any atom is 0.325 e. The monoisotopic (exact) mass is 296 g/mol. The van der Waals surface area contributed by atoms with Crippen LogP contribution in [0.3, 0.4) is 0 Å². The summed E-state index contributed by atoms with van der Waals surface area (Å²) in [4.78, 5) is 23.0. The van der Waals surface area contributed by atoms with Gasteiger partial charge < -0.3 is 14.6 Å². The Balaban J connectivity index is 2.01. The molecule has 1 heterocycles. The highest BCUT2D eigenvalue weighted by molar-refractivity contribution is 5.84. The molecule has 0 amide bonds. The minimum absolute atomic E-state index is 0.000518. The van der Waals surface area contributed by atoms with E-state index < -0.39 is 16.4 Å². The molecule has 1 aromatic rings. The quantitative estimate of drug-likeness (QED) is 0.471. The van der Waals surface area contributed by atoms with Gasteiger partial charge in [0.2, 0.25) is 5.75 Å². The lowest BCUT2D eigenvalue weighted by atomic mass is 10.1. The second-order valence-corrected chi connectivity index (χ2v) is 4.53. The summed E-state index contributed by atoms with van der Waals surface area (Å²) in [6.07, 6.45) is 0.329. The molecule has 0 saturated carbocycles. The molecule has 1 fully saturated rings. The van der Waals surface area contributed by atoms with Gasteiger partial charge in [-0.1, -0.05) is 0 Å². The summed E-state index contributed by atoms with van der Waals surface area (Å²) in [5.74, 6) is -0.618. The smallest absolute Gasteiger partial charge is 0.325 e. The Labute approximate surface area is 121 Å². The van der Waals surface area contributed by atoms with Crippen LogP contribution in [-0.4, -0.2) is 60.7 Å². The van der Waals surface area contributed by atoms with Crippen molar-refractivity contribution >= 4 is 12.0 Å². The SMILES string of the molecule is O=Cc1ccc(OCCN2CCOCC2)c(O)c1[N+](=O)[O-]. The Morgan fingerprint density at radius 3 is 2.76 bits per heavy atom. The average molecular weight is 296 g/mol. The van der Waals surface area contributed by atoms with Crippen molar-refractivity contribution in [1.29, 1.82) is 0 Å². The number of carbonyl (C=O) groups excluding carboxylic acids is 1. The first kappa shape index (κ1) is 15.2. The molecule has 1 aliphatic rings. The molecule has 8 nitrogen and oxygen atoms in total. The number of aromatic hydroxyl groups is 1. The number of hydrogen-bond donors (Lipinski definition) is 1. The fourth-order valence-electron chi connectivity index (χ4n) is 2.09. The zero-order valence-electron chi connectivity index (χ0n) is 11.4. The van der Waals surface area contributed by atoms with Gasteiger partial charge in [-0.3, -0.25) is 19.8 Å². The Morgan fingerprint density at radius 2 is 2.14 bits per heavy atom. The second kappa shape index (κ2) is 7.00. The minimum Gasteiger partial charge on any atom is -0.499 e. The summed E-state index contributed by atoms with van der Waals surface area (Å²) in [5, 5.41) is 20.7. The maximum atomic E-state index is 10.9. The number of nitro groups is 1. The highest BCUT2D eigenvalue weighted by atomic mass is 16.6. The van der Waals surface area contributed by atoms with E-state index >= 15 is 0 Å². The lowest BCUT2D eigenvalue weighted by Gasteiger charge is -2.26. The van der Waals surface area contributed by atoms with Gasteiger partial charge in [0.1, 0.15) is 6.61 Å². The maximum absolute atomic E-state index is 10.9. The highest BCUT2D eigenvalue weighted by Gasteiger charge is 2.23. The van der Waals surface area contributed by atoms with Crippen molar-refractivity contribution in [3.8, 4) is 11.5 Å². The molecule has 0 atom stereocenters.